The van der Waals surface area contributed by atoms with Crippen molar-refractivity contribution < 1.29 is 14.5 Å². The average Bonchev–Trinajstić information content (AvgIpc) is 2.82. The highest BCUT2D eigenvalue weighted by Crippen LogP contribution is 2.31. The lowest BCUT2D eigenvalue weighted by molar-refractivity contribution is -0.384. The zero-order chi connectivity index (χ0) is 21.8. The van der Waals surface area contributed by atoms with Crippen molar-refractivity contribution in [2.24, 2.45) is 5.92 Å². The number of anilines is 1. The van der Waals surface area contributed by atoms with E-state index in [1.165, 1.54) is 6.07 Å². The Balaban J connectivity index is 1.33. The summed E-state index contributed by atoms with van der Waals surface area (Å²) < 4.78 is 5.26. The van der Waals surface area contributed by atoms with Crippen LogP contribution in [0.2, 0.25) is 0 Å². The average molecular weight is 419 g/mol. The van der Waals surface area contributed by atoms with Crippen molar-refractivity contribution in [3.8, 4) is 5.75 Å². The van der Waals surface area contributed by atoms with Crippen LogP contribution in [0.5, 0.6) is 5.75 Å². The molecule has 7 nitrogen and oxygen atoms in total. The van der Waals surface area contributed by atoms with Crippen molar-refractivity contribution >= 4 is 28.1 Å². The van der Waals surface area contributed by atoms with Crippen LogP contribution in [-0.4, -0.2) is 31.0 Å². The third kappa shape index (κ3) is 4.60. The number of nitro benzene ring substituents is 1. The summed E-state index contributed by atoms with van der Waals surface area (Å²) in [6.45, 7) is 1.73. The van der Waals surface area contributed by atoms with Crippen molar-refractivity contribution in [3.05, 3.63) is 76.3 Å². The number of para-hydroxylation sites is 2. The maximum absolute atomic E-state index is 12.7. The highest BCUT2D eigenvalue weighted by Gasteiger charge is 2.27. The third-order valence-electron chi connectivity index (χ3n) is 5.86. The number of nitrogens with one attached hydrogen (secondary N) is 1. The molecule has 0 aromatic heterocycles. The molecular formula is C24H25N3O4. The molecule has 31 heavy (non-hydrogen) atoms. The molecule has 4 rings (SSSR count). The highest BCUT2D eigenvalue weighted by molar-refractivity contribution is 5.85. The predicted octanol–water partition coefficient (Wildman–Crippen LogP) is 4.29. The molecule has 0 atom stereocenters. The van der Waals surface area contributed by atoms with Crippen molar-refractivity contribution in [2.75, 3.05) is 25.1 Å². The van der Waals surface area contributed by atoms with E-state index in [1.807, 2.05) is 35.2 Å². The van der Waals surface area contributed by atoms with Crippen LogP contribution in [-0.2, 0) is 11.3 Å². The number of hydrogen-bond acceptors (Lipinski definition) is 5. The van der Waals surface area contributed by atoms with E-state index in [0.717, 1.165) is 22.1 Å². The molecule has 1 aliphatic heterocycles. The third-order valence-corrected chi connectivity index (χ3v) is 5.86. The fourth-order valence-corrected chi connectivity index (χ4v) is 4.11. The Morgan fingerprint density at radius 1 is 1.10 bits per heavy atom. The molecule has 1 aliphatic rings. The number of carbonyl (C=O) groups is 1. The summed E-state index contributed by atoms with van der Waals surface area (Å²) in [7, 11) is 1.65. The van der Waals surface area contributed by atoms with Crippen LogP contribution in [0.25, 0.3) is 10.8 Å². The Morgan fingerprint density at radius 2 is 1.81 bits per heavy atom. The van der Waals surface area contributed by atoms with Gasteiger partial charge in [-0.15, -0.1) is 0 Å². The predicted molar refractivity (Wildman–Crippen MR) is 120 cm³/mol. The maximum Gasteiger partial charge on any atom is 0.292 e. The maximum atomic E-state index is 12.7. The van der Waals surface area contributed by atoms with Gasteiger partial charge >= 0.3 is 0 Å². The molecule has 7 heteroatoms. The summed E-state index contributed by atoms with van der Waals surface area (Å²) >= 11 is 0. The standard InChI is InChI=1S/C24H25N3O4/c1-31-21-9-8-19-14-17(6-7-20(19)15-21)16-25-24(28)18-10-12-26(13-11-18)22-4-2-3-5-23(22)27(29)30/h2-9,14-15,18H,10-13,16H2,1H3,(H,25,28). The molecule has 1 heterocycles. The van der Waals surface area contributed by atoms with E-state index in [4.69, 9.17) is 4.74 Å². The molecule has 1 amide bonds. The molecule has 3 aromatic carbocycles. The second kappa shape index (κ2) is 9.04. The molecule has 0 unspecified atom stereocenters. The van der Waals surface area contributed by atoms with Gasteiger partial charge in [-0.2, -0.15) is 0 Å². The summed E-state index contributed by atoms with van der Waals surface area (Å²) in [6, 6.07) is 18.8. The topological polar surface area (TPSA) is 84.7 Å². The molecule has 160 valence electrons. The van der Waals surface area contributed by atoms with Crippen molar-refractivity contribution in [2.45, 2.75) is 19.4 Å². The van der Waals surface area contributed by atoms with Gasteiger partial charge in [-0.1, -0.05) is 30.3 Å². The SMILES string of the molecule is COc1ccc2cc(CNC(=O)C3CCN(c4ccccc4[N+](=O)[O-])CC3)ccc2c1. The largest absolute Gasteiger partial charge is 0.497 e. The molecule has 3 aromatic rings. The number of hydrogen-bond donors (Lipinski definition) is 1. The van der Waals surface area contributed by atoms with E-state index in [9.17, 15) is 14.9 Å². The van der Waals surface area contributed by atoms with Gasteiger partial charge in [0.25, 0.3) is 5.69 Å². The van der Waals surface area contributed by atoms with E-state index in [1.54, 1.807) is 25.3 Å². The summed E-state index contributed by atoms with van der Waals surface area (Å²) in [5.74, 6) is 0.779. The Kier molecular flexibility index (Phi) is 6.02. The number of nitrogens with zero attached hydrogens (tertiary/aromatic N) is 2. The Bertz CT molecular complexity index is 1110. The fraction of sp³-hybridized carbons (Fsp3) is 0.292. The van der Waals surface area contributed by atoms with Gasteiger partial charge in [0.1, 0.15) is 11.4 Å². The molecule has 0 aliphatic carbocycles. The van der Waals surface area contributed by atoms with Crippen LogP contribution in [0.4, 0.5) is 11.4 Å². The normalized spacial score (nSPS) is 14.4. The first-order valence-electron chi connectivity index (χ1n) is 10.4. The summed E-state index contributed by atoms with van der Waals surface area (Å²) in [5.41, 5.74) is 1.78. The lowest BCUT2D eigenvalue weighted by Gasteiger charge is -2.32. The second-order valence-electron chi connectivity index (χ2n) is 7.77. The monoisotopic (exact) mass is 419 g/mol. The van der Waals surface area contributed by atoms with E-state index in [-0.39, 0.29) is 22.4 Å². The number of rotatable bonds is 6. The first-order valence-corrected chi connectivity index (χ1v) is 10.4. The van der Waals surface area contributed by atoms with E-state index < -0.39 is 0 Å². The number of amides is 1. The molecule has 0 spiro atoms. The smallest absolute Gasteiger partial charge is 0.292 e. The van der Waals surface area contributed by atoms with Crippen LogP contribution in [0, 0.1) is 16.0 Å². The number of carbonyl (C=O) groups excluding carboxylic acids is 1. The Hall–Kier alpha value is -3.61. The van der Waals surface area contributed by atoms with Crippen molar-refractivity contribution in [3.63, 3.8) is 0 Å². The minimum atomic E-state index is -0.353. The highest BCUT2D eigenvalue weighted by atomic mass is 16.6. The first-order chi connectivity index (χ1) is 15.0. The van der Waals surface area contributed by atoms with E-state index >= 15 is 0 Å². The molecule has 0 bridgehead atoms. The van der Waals surface area contributed by atoms with Gasteiger partial charge in [-0.05, 0) is 53.4 Å². The van der Waals surface area contributed by atoms with Gasteiger partial charge in [0.05, 0.1) is 12.0 Å². The van der Waals surface area contributed by atoms with Gasteiger partial charge in [0.15, 0.2) is 0 Å². The molecule has 1 fully saturated rings. The number of nitro groups is 1. The van der Waals surface area contributed by atoms with Crippen LogP contribution in [0.1, 0.15) is 18.4 Å². The number of methoxy groups -OCH3 is 1. The van der Waals surface area contributed by atoms with E-state index in [0.29, 0.717) is 38.2 Å². The quantitative estimate of drug-likeness (QED) is 0.476. The van der Waals surface area contributed by atoms with Gasteiger partial charge in [0, 0.05) is 31.6 Å². The van der Waals surface area contributed by atoms with Crippen LogP contribution >= 0.6 is 0 Å². The van der Waals surface area contributed by atoms with Gasteiger partial charge in [-0.25, -0.2) is 0 Å². The Morgan fingerprint density at radius 3 is 2.55 bits per heavy atom. The van der Waals surface area contributed by atoms with Crippen LogP contribution < -0.4 is 15.0 Å². The lowest BCUT2D eigenvalue weighted by Crippen LogP contribution is -2.40. The molecule has 1 N–H and O–H groups in total. The second-order valence-corrected chi connectivity index (χ2v) is 7.77. The summed E-state index contributed by atoms with van der Waals surface area (Å²) in [6.07, 6.45) is 1.35. The van der Waals surface area contributed by atoms with Gasteiger partial charge in [0.2, 0.25) is 5.91 Å². The molecule has 0 saturated carbocycles. The summed E-state index contributed by atoms with van der Waals surface area (Å²) in [4.78, 5) is 25.6. The van der Waals surface area contributed by atoms with Gasteiger partial charge in [-0.3, -0.25) is 14.9 Å². The number of benzene rings is 3. The zero-order valence-electron chi connectivity index (χ0n) is 17.4. The number of fused-ring (bicyclic) bond motifs is 1. The lowest BCUT2D eigenvalue weighted by atomic mass is 9.95. The number of piperidine rings is 1. The number of ether oxygens (including phenoxy) is 1. The molecule has 1 saturated heterocycles. The minimum Gasteiger partial charge on any atom is -0.497 e. The fourth-order valence-electron chi connectivity index (χ4n) is 4.11. The van der Waals surface area contributed by atoms with Crippen molar-refractivity contribution in [1.29, 1.82) is 0 Å². The summed E-state index contributed by atoms with van der Waals surface area (Å²) in [5, 5.41) is 16.5. The van der Waals surface area contributed by atoms with Crippen molar-refractivity contribution in [1.82, 2.24) is 5.32 Å². The van der Waals surface area contributed by atoms with Crippen LogP contribution in [0.3, 0.4) is 0 Å². The minimum absolute atomic E-state index is 0.0389. The van der Waals surface area contributed by atoms with Crippen LogP contribution in [0.15, 0.2) is 60.7 Å². The molecule has 0 radical (unpaired) electrons. The first kappa shape index (κ1) is 20.7. The van der Waals surface area contributed by atoms with E-state index in [2.05, 4.69) is 11.4 Å². The van der Waals surface area contributed by atoms with Gasteiger partial charge < -0.3 is 15.0 Å². The Labute approximate surface area is 180 Å². The zero-order valence-corrected chi connectivity index (χ0v) is 17.4. The molecular weight excluding hydrogens is 394 g/mol.